The predicted octanol–water partition coefficient (Wildman–Crippen LogP) is 0.763. The molecule has 48 valence electrons. The first kappa shape index (κ1) is 10.2. The third-order valence-electron chi connectivity index (χ3n) is 1.04. The Labute approximate surface area is 79.6 Å². The Kier molecular flexibility index (Phi) is 6.68. The summed E-state index contributed by atoms with van der Waals surface area (Å²) in [6.07, 6.45) is 1.02. The third kappa shape index (κ3) is 3.78. The Bertz CT molecular complexity index is 66.0. The summed E-state index contributed by atoms with van der Waals surface area (Å²) in [4.78, 5) is 0. The fraction of sp³-hybridized carbons (Fsp3) is 1.00. The summed E-state index contributed by atoms with van der Waals surface area (Å²) in [5.41, 5.74) is 0. The Morgan fingerprint density at radius 2 is 1.89 bits per heavy atom. The molecule has 0 amide bonds. The Balaban J connectivity index is 0.000000640. The van der Waals surface area contributed by atoms with E-state index in [9.17, 15) is 0 Å². The molecule has 1 rings (SSSR count). The molecule has 0 aliphatic carbocycles. The smallest absolute Gasteiger partial charge is 0.350 e. The van der Waals surface area contributed by atoms with Gasteiger partial charge in [0.05, 0.1) is 13.2 Å². The molecule has 0 radical (unpaired) electrons. The molecule has 0 aromatic carbocycles. The van der Waals surface area contributed by atoms with E-state index in [1.165, 1.54) is 0 Å². The molecule has 1 aliphatic rings. The summed E-state index contributed by atoms with van der Waals surface area (Å²) in [7, 11) is 0. The summed E-state index contributed by atoms with van der Waals surface area (Å²) >= 11 is 3.30. The van der Waals surface area contributed by atoms with Crippen molar-refractivity contribution in [1.82, 2.24) is 0 Å². The van der Waals surface area contributed by atoms with Crippen molar-refractivity contribution in [2.24, 2.45) is 0 Å². The first-order valence-electron chi connectivity index (χ1n) is 2.72. The molecular formula is C5H9BrMgO2+2. The molecule has 2 nitrogen and oxygen atoms in total. The van der Waals surface area contributed by atoms with Gasteiger partial charge in [-0.05, 0) is 0 Å². The van der Waals surface area contributed by atoms with Gasteiger partial charge in [0.25, 0.3) is 0 Å². The molecule has 0 saturated carbocycles. The van der Waals surface area contributed by atoms with E-state index in [1.807, 2.05) is 0 Å². The van der Waals surface area contributed by atoms with Crippen LogP contribution in [0, 0.1) is 0 Å². The fourth-order valence-corrected chi connectivity index (χ4v) is 1.04. The van der Waals surface area contributed by atoms with Gasteiger partial charge in [-0.2, -0.15) is 0 Å². The van der Waals surface area contributed by atoms with E-state index >= 15 is 0 Å². The molecule has 1 fully saturated rings. The average Bonchev–Trinajstić information content (AvgIpc) is 2.19. The molecule has 0 unspecified atom stereocenters. The number of alkyl halides is 1. The normalized spacial score (nSPS) is 19.7. The minimum atomic E-state index is 0. The van der Waals surface area contributed by atoms with E-state index in [1.54, 1.807) is 0 Å². The standard InChI is InChI=1S/C5H9BrO2.Mg/c6-2-1-5-7-3-4-8-5;/h5H,1-4H2;/q;+2. The summed E-state index contributed by atoms with van der Waals surface area (Å²) < 4.78 is 10.3. The van der Waals surface area contributed by atoms with E-state index in [4.69, 9.17) is 9.47 Å². The van der Waals surface area contributed by atoms with E-state index in [2.05, 4.69) is 15.9 Å². The van der Waals surface area contributed by atoms with Crippen molar-refractivity contribution in [3.05, 3.63) is 0 Å². The molecule has 0 N–H and O–H groups in total. The minimum absolute atomic E-state index is 0. The summed E-state index contributed by atoms with van der Waals surface area (Å²) in [6.45, 7) is 1.52. The molecule has 4 heteroatoms. The van der Waals surface area contributed by atoms with Crippen LogP contribution in [0.2, 0.25) is 0 Å². The summed E-state index contributed by atoms with van der Waals surface area (Å²) in [6, 6.07) is 0. The Morgan fingerprint density at radius 1 is 1.33 bits per heavy atom. The maximum Gasteiger partial charge on any atom is 2.00 e. The molecule has 0 aromatic heterocycles. The number of rotatable bonds is 2. The molecule has 0 spiro atoms. The van der Waals surface area contributed by atoms with E-state index in [-0.39, 0.29) is 29.3 Å². The number of ether oxygens (including phenoxy) is 2. The van der Waals surface area contributed by atoms with Gasteiger partial charge in [0.15, 0.2) is 6.29 Å². The van der Waals surface area contributed by atoms with E-state index < -0.39 is 0 Å². The minimum Gasteiger partial charge on any atom is -0.350 e. The first-order chi connectivity index (χ1) is 3.93. The van der Waals surface area contributed by atoms with Gasteiger partial charge in [0, 0.05) is 11.8 Å². The van der Waals surface area contributed by atoms with Crippen LogP contribution < -0.4 is 0 Å². The summed E-state index contributed by atoms with van der Waals surface area (Å²) in [5.74, 6) is 0. The molecule has 0 atom stereocenters. The average molecular weight is 205 g/mol. The second kappa shape index (κ2) is 5.91. The van der Waals surface area contributed by atoms with Crippen molar-refractivity contribution in [2.45, 2.75) is 12.7 Å². The largest absolute Gasteiger partial charge is 2.00 e. The van der Waals surface area contributed by atoms with Crippen LogP contribution >= 0.6 is 15.9 Å². The molecule has 1 saturated heterocycles. The van der Waals surface area contributed by atoms with Crippen molar-refractivity contribution in [3.8, 4) is 0 Å². The van der Waals surface area contributed by atoms with Crippen LogP contribution in [0.5, 0.6) is 0 Å². The zero-order valence-electron chi connectivity index (χ0n) is 5.31. The predicted molar refractivity (Wildman–Crippen MR) is 39.9 cm³/mol. The van der Waals surface area contributed by atoms with Crippen LogP contribution in [0.1, 0.15) is 6.42 Å². The van der Waals surface area contributed by atoms with Crippen molar-refractivity contribution in [3.63, 3.8) is 0 Å². The Hall–Kier alpha value is 1.17. The topological polar surface area (TPSA) is 18.5 Å². The number of hydrogen-bond acceptors (Lipinski definition) is 2. The SMILES string of the molecule is BrCCC1OCCO1.[Mg+2]. The Morgan fingerprint density at radius 3 is 2.33 bits per heavy atom. The molecule has 1 aliphatic heterocycles. The van der Waals surface area contributed by atoms with E-state index in [0.717, 1.165) is 25.0 Å². The van der Waals surface area contributed by atoms with Crippen LogP contribution in [0.4, 0.5) is 0 Å². The zero-order valence-corrected chi connectivity index (χ0v) is 8.31. The third-order valence-corrected chi connectivity index (χ3v) is 1.49. The van der Waals surface area contributed by atoms with Gasteiger partial charge in [-0.1, -0.05) is 15.9 Å². The van der Waals surface area contributed by atoms with Crippen LogP contribution in [0.25, 0.3) is 0 Å². The second-order valence-electron chi connectivity index (χ2n) is 1.65. The van der Waals surface area contributed by atoms with Crippen LogP contribution in [0.3, 0.4) is 0 Å². The van der Waals surface area contributed by atoms with Crippen molar-refractivity contribution < 1.29 is 9.47 Å². The second-order valence-corrected chi connectivity index (χ2v) is 2.44. The van der Waals surface area contributed by atoms with Gasteiger partial charge >= 0.3 is 23.1 Å². The van der Waals surface area contributed by atoms with Crippen LogP contribution in [-0.2, 0) is 9.47 Å². The van der Waals surface area contributed by atoms with Gasteiger partial charge in [0.1, 0.15) is 0 Å². The quantitative estimate of drug-likeness (QED) is 0.489. The summed E-state index contributed by atoms with van der Waals surface area (Å²) in [5, 5.41) is 0.956. The van der Waals surface area contributed by atoms with Crippen molar-refractivity contribution in [1.29, 1.82) is 0 Å². The molecule has 1 heterocycles. The van der Waals surface area contributed by atoms with Gasteiger partial charge in [-0.3, -0.25) is 0 Å². The van der Waals surface area contributed by atoms with Gasteiger partial charge < -0.3 is 9.47 Å². The van der Waals surface area contributed by atoms with Crippen LogP contribution in [-0.4, -0.2) is 47.9 Å². The van der Waals surface area contributed by atoms with Gasteiger partial charge in [-0.15, -0.1) is 0 Å². The first-order valence-corrected chi connectivity index (χ1v) is 3.85. The fourth-order valence-electron chi connectivity index (χ4n) is 0.663. The maximum absolute atomic E-state index is 5.14. The van der Waals surface area contributed by atoms with Crippen molar-refractivity contribution in [2.75, 3.05) is 18.5 Å². The number of halogens is 1. The van der Waals surface area contributed by atoms with E-state index in [0.29, 0.717) is 0 Å². The molecule has 9 heavy (non-hydrogen) atoms. The van der Waals surface area contributed by atoms with Crippen molar-refractivity contribution >= 4 is 39.0 Å². The zero-order chi connectivity index (χ0) is 5.82. The molecule has 0 bridgehead atoms. The van der Waals surface area contributed by atoms with Crippen LogP contribution in [0.15, 0.2) is 0 Å². The molecule has 0 aromatic rings. The monoisotopic (exact) mass is 204 g/mol. The van der Waals surface area contributed by atoms with Gasteiger partial charge in [-0.25, -0.2) is 0 Å². The van der Waals surface area contributed by atoms with Gasteiger partial charge in [0.2, 0.25) is 0 Å². The molecular weight excluding hydrogens is 196 g/mol. The maximum atomic E-state index is 5.14. The number of hydrogen-bond donors (Lipinski definition) is 0.